The smallest absolute Gasteiger partial charge is 0.347 e. The van der Waals surface area contributed by atoms with Gasteiger partial charge in [-0.15, -0.1) is 0 Å². The minimum absolute atomic E-state index is 0.229. The molecule has 0 aliphatic rings. The van der Waals surface area contributed by atoms with E-state index < -0.39 is 18.6 Å². The average Bonchev–Trinajstić information content (AvgIpc) is 2.00. The van der Waals surface area contributed by atoms with Gasteiger partial charge in [-0.05, 0) is 6.92 Å². The van der Waals surface area contributed by atoms with Crippen LogP contribution in [0.3, 0.4) is 0 Å². The van der Waals surface area contributed by atoms with Crippen molar-refractivity contribution in [1.82, 2.24) is 10.2 Å². The number of hydrogen-bond acceptors (Lipinski definition) is 2. The number of likely N-dealkylation sites (N-methyl/N-ethyl adjacent to an activating group) is 1. The Morgan fingerprint density at radius 1 is 1.43 bits per heavy atom. The van der Waals surface area contributed by atoms with Crippen LogP contribution in [-0.4, -0.2) is 43.7 Å². The number of alkyl halides is 3. The number of carbonyl (C=O) groups is 1. The Bertz CT molecular complexity index is 192. The molecule has 0 saturated heterocycles. The third-order valence-electron chi connectivity index (χ3n) is 1.67. The summed E-state index contributed by atoms with van der Waals surface area (Å²) in [5, 5.41) is 2.51. The zero-order valence-electron chi connectivity index (χ0n) is 8.48. The van der Waals surface area contributed by atoms with Gasteiger partial charge in [-0.3, -0.25) is 4.79 Å². The second kappa shape index (κ2) is 5.19. The maximum absolute atomic E-state index is 11.7. The van der Waals surface area contributed by atoms with Gasteiger partial charge in [0, 0.05) is 20.6 Å². The fourth-order valence-electron chi connectivity index (χ4n) is 0.905. The summed E-state index contributed by atoms with van der Waals surface area (Å²) < 4.78 is 35.2. The molecule has 1 amide bonds. The topological polar surface area (TPSA) is 32.3 Å². The molecule has 1 N–H and O–H groups in total. The lowest BCUT2D eigenvalue weighted by Crippen LogP contribution is -2.42. The van der Waals surface area contributed by atoms with Crippen LogP contribution in [0.2, 0.25) is 0 Å². The Balaban J connectivity index is 3.75. The Kier molecular flexibility index (Phi) is 4.90. The second-order valence-electron chi connectivity index (χ2n) is 3.27. The van der Waals surface area contributed by atoms with Gasteiger partial charge in [0.1, 0.15) is 0 Å². The lowest BCUT2D eigenvalue weighted by molar-refractivity contribution is -0.137. The normalized spacial score (nSPS) is 13.9. The minimum atomic E-state index is -4.17. The number of nitrogens with one attached hydrogen (secondary N) is 1. The van der Waals surface area contributed by atoms with Crippen molar-refractivity contribution in [3.63, 3.8) is 0 Å². The van der Waals surface area contributed by atoms with Gasteiger partial charge in [-0.2, -0.15) is 13.2 Å². The molecule has 0 aromatic rings. The predicted molar refractivity (Wildman–Crippen MR) is 46.8 cm³/mol. The van der Waals surface area contributed by atoms with E-state index in [-0.39, 0.29) is 12.5 Å². The molecule has 1 atom stereocenters. The van der Waals surface area contributed by atoms with Crippen molar-refractivity contribution < 1.29 is 18.0 Å². The molecular formula is C8H15F3N2O. The first-order valence-corrected chi connectivity index (χ1v) is 4.25. The molecule has 6 heteroatoms. The van der Waals surface area contributed by atoms with Gasteiger partial charge in [0.15, 0.2) is 0 Å². The molecule has 0 bridgehead atoms. The number of nitrogens with zero attached hydrogens (tertiary/aromatic N) is 1. The average molecular weight is 212 g/mol. The summed E-state index contributed by atoms with van der Waals surface area (Å²) in [5.74, 6) is -0.229. The molecule has 0 aromatic heterocycles. The number of carbonyl (C=O) groups excluding carboxylic acids is 1. The summed E-state index contributed by atoms with van der Waals surface area (Å²) in [5.41, 5.74) is 0. The third-order valence-corrected chi connectivity index (χ3v) is 1.67. The van der Waals surface area contributed by atoms with E-state index in [1.807, 2.05) is 0 Å². The van der Waals surface area contributed by atoms with Crippen molar-refractivity contribution in [2.24, 2.45) is 0 Å². The van der Waals surface area contributed by atoms with Crippen LogP contribution in [0.4, 0.5) is 13.2 Å². The van der Waals surface area contributed by atoms with Gasteiger partial charge in [-0.1, -0.05) is 0 Å². The largest absolute Gasteiger partial charge is 0.390 e. The Hall–Kier alpha value is -0.780. The van der Waals surface area contributed by atoms with Gasteiger partial charge < -0.3 is 10.2 Å². The van der Waals surface area contributed by atoms with Gasteiger partial charge in [0.25, 0.3) is 0 Å². The Labute approximate surface area is 81.3 Å². The van der Waals surface area contributed by atoms with Crippen molar-refractivity contribution in [1.29, 1.82) is 0 Å². The van der Waals surface area contributed by atoms with Gasteiger partial charge in [0.2, 0.25) is 5.91 Å². The fourth-order valence-corrected chi connectivity index (χ4v) is 0.905. The van der Waals surface area contributed by atoms with Crippen LogP contribution in [0, 0.1) is 0 Å². The molecular weight excluding hydrogens is 197 g/mol. The van der Waals surface area contributed by atoms with Crippen LogP contribution < -0.4 is 5.32 Å². The van der Waals surface area contributed by atoms with Crippen LogP contribution in [0.5, 0.6) is 0 Å². The fraction of sp³-hybridized carbons (Fsp3) is 0.875. The Morgan fingerprint density at radius 3 is 2.29 bits per heavy atom. The maximum Gasteiger partial charge on any atom is 0.390 e. The summed E-state index contributed by atoms with van der Waals surface area (Å²) in [6.07, 6.45) is -5.09. The van der Waals surface area contributed by atoms with Gasteiger partial charge in [0.05, 0.1) is 12.5 Å². The number of halogens is 3. The van der Waals surface area contributed by atoms with E-state index >= 15 is 0 Å². The highest BCUT2D eigenvalue weighted by Crippen LogP contribution is 2.18. The van der Waals surface area contributed by atoms with Crippen molar-refractivity contribution in [3.05, 3.63) is 0 Å². The van der Waals surface area contributed by atoms with Crippen LogP contribution >= 0.6 is 0 Å². The lowest BCUT2D eigenvalue weighted by atomic mass is 10.3. The summed E-state index contributed by atoms with van der Waals surface area (Å²) in [7, 11) is 3.12. The molecule has 3 nitrogen and oxygen atoms in total. The molecule has 0 heterocycles. The highest BCUT2D eigenvalue weighted by atomic mass is 19.4. The molecule has 1 unspecified atom stereocenters. The molecule has 0 saturated carbocycles. The van der Waals surface area contributed by atoms with E-state index in [1.54, 1.807) is 21.0 Å². The second-order valence-corrected chi connectivity index (χ2v) is 3.27. The van der Waals surface area contributed by atoms with Crippen molar-refractivity contribution >= 4 is 5.91 Å². The summed E-state index contributed by atoms with van der Waals surface area (Å²) in [6.45, 7) is 1.31. The highest BCUT2D eigenvalue weighted by Gasteiger charge is 2.27. The number of rotatable bonds is 4. The van der Waals surface area contributed by atoms with Gasteiger partial charge in [-0.25, -0.2) is 0 Å². The molecule has 0 rings (SSSR count). The zero-order chi connectivity index (χ0) is 11.4. The highest BCUT2D eigenvalue weighted by molar-refractivity contribution is 5.80. The molecule has 0 radical (unpaired) electrons. The Morgan fingerprint density at radius 2 is 1.93 bits per heavy atom. The molecule has 0 aliphatic carbocycles. The first kappa shape index (κ1) is 13.2. The summed E-state index contributed by atoms with van der Waals surface area (Å²) >= 11 is 0. The monoisotopic (exact) mass is 212 g/mol. The molecule has 0 fully saturated rings. The van der Waals surface area contributed by atoms with Crippen molar-refractivity contribution in [3.8, 4) is 0 Å². The van der Waals surface area contributed by atoms with Crippen LogP contribution in [0.1, 0.15) is 13.3 Å². The van der Waals surface area contributed by atoms with Crippen molar-refractivity contribution in [2.45, 2.75) is 25.6 Å². The van der Waals surface area contributed by atoms with E-state index in [1.165, 1.54) is 4.90 Å². The van der Waals surface area contributed by atoms with E-state index in [0.29, 0.717) is 0 Å². The van der Waals surface area contributed by atoms with Gasteiger partial charge >= 0.3 is 6.18 Å². The number of hydrogen-bond donors (Lipinski definition) is 1. The van der Waals surface area contributed by atoms with Crippen molar-refractivity contribution in [2.75, 3.05) is 20.6 Å². The molecule has 0 aromatic carbocycles. The van der Waals surface area contributed by atoms with Crippen LogP contribution in [0.15, 0.2) is 0 Å². The number of amides is 1. The third kappa shape index (κ3) is 5.80. The standard InChI is InChI=1S/C8H15F3N2O/c1-6(7(14)13(2)3)12-5-4-8(9,10)11/h6,12H,4-5H2,1-3H3. The molecule has 14 heavy (non-hydrogen) atoms. The first-order valence-electron chi connectivity index (χ1n) is 4.25. The van der Waals surface area contributed by atoms with E-state index in [2.05, 4.69) is 5.32 Å². The quantitative estimate of drug-likeness (QED) is 0.754. The SMILES string of the molecule is CC(NCCC(F)(F)F)C(=O)N(C)C. The van der Waals surface area contributed by atoms with E-state index in [0.717, 1.165) is 0 Å². The van der Waals surface area contributed by atoms with Crippen LogP contribution in [-0.2, 0) is 4.79 Å². The first-order chi connectivity index (χ1) is 6.24. The summed E-state index contributed by atoms with van der Waals surface area (Å²) in [4.78, 5) is 12.5. The molecule has 0 spiro atoms. The maximum atomic E-state index is 11.7. The molecule has 0 aliphatic heterocycles. The van der Waals surface area contributed by atoms with Crippen LogP contribution in [0.25, 0.3) is 0 Å². The zero-order valence-corrected chi connectivity index (χ0v) is 8.48. The minimum Gasteiger partial charge on any atom is -0.347 e. The molecule has 84 valence electrons. The van der Waals surface area contributed by atoms with E-state index in [4.69, 9.17) is 0 Å². The predicted octanol–water partition coefficient (Wildman–Crippen LogP) is 1.01. The summed E-state index contributed by atoms with van der Waals surface area (Å²) in [6, 6.07) is -0.577. The van der Waals surface area contributed by atoms with E-state index in [9.17, 15) is 18.0 Å². The lowest BCUT2D eigenvalue weighted by Gasteiger charge is -2.18.